The molecular formula is C11H11BrN6. The van der Waals surface area contributed by atoms with Crippen molar-refractivity contribution in [2.75, 3.05) is 0 Å². The predicted octanol–water partition coefficient (Wildman–Crippen LogP) is 1.27. The number of nitrogens with two attached hydrogens (primary N) is 1. The zero-order chi connectivity index (χ0) is 12.7. The van der Waals surface area contributed by atoms with Crippen LogP contribution in [0.25, 0.3) is 5.65 Å². The Labute approximate surface area is 112 Å². The maximum absolute atomic E-state index is 6.20. The van der Waals surface area contributed by atoms with Crippen molar-refractivity contribution < 1.29 is 0 Å². The van der Waals surface area contributed by atoms with E-state index >= 15 is 0 Å². The maximum Gasteiger partial charge on any atom is 0.160 e. The molecule has 18 heavy (non-hydrogen) atoms. The summed E-state index contributed by atoms with van der Waals surface area (Å²) in [5, 5.41) is 12.4. The van der Waals surface area contributed by atoms with Gasteiger partial charge in [0, 0.05) is 29.5 Å². The summed E-state index contributed by atoms with van der Waals surface area (Å²) in [5.41, 5.74) is 7.88. The molecule has 3 heterocycles. The van der Waals surface area contributed by atoms with Gasteiger partial charge in [-0.15, -0.1) is 10.2 Å². The van der Waals surface area contributed by atoms with Crippen LogP contribution in [0.5, 0.6) is 0 Å². The van der Waals surface area contributed by atoms with Gasteiger partial charge in [-0.2, -0.15) is 5.10 Å². The number of hydrogen-bond donors (Lipinski definition) is 1. The molecule has 0 saturated carbocycles. The molecule has 3 aromatic heterocycles. The van der Waals surface area contributed by atoms with Crippen molar-refractivity contribution in [3.63, 3.8) is 0 Å². The summed E-state index contributed by atoms with van der Waals surface area (Å²) in [6.07, 6.45) is 5.52. The topological polar surface area (TPSA) is 74.0 Å². The van der Waals surface area contributed by atoms with E-state index in [1.165, 1.54) is 0 Å². The number of hydrogen-bond acceptors (Lipinski definition) is 4. The molecule has 3 rings (SSSR count). The first-order chi connectivity index (χ1) is 8.65. The molecule has 0 radical (unpaired) electrons. The van der Waals surface area contributed by atoms with E-state index < -0.39 is 0 Å². The number of halogens is 1. The standard InChI is InChI=1S/C11H11BrN6/c1-17-5-7(4-14-17)10(13)11-16-15-9-3-2-8(12)6-18(9)11/h2-6,10H,13H2,1H3. The van der Waals surface area contributed by atoms with E-state index in [1.807, 2.05) is 36.0 Å². The van der Waals surface area contributed by atoms with Gasteiger partial charge in [-0.3, -0.25) is 9.08 Å². The van der Waals surface area contributed by atoms with Gasteiger partial charge in [0.15, 0.2) is 11.5 Å². The summed E-state index contributed by atoms with van der Waals surface area (Å²) in [4.78, 5) is 0. The Hall–Kier alpha value is -1.73. The molecule has 0 aliphatic carbocycles. The number of aryl methyl sites for hydroxylation is 1. The lowest BCUT2D eigenvalue weighted by atomic mass is 10.1. The molecule has 3 aromatic rings. The minimum absolute atomic E-state index is 0.344. The highest BCUT2D eigenvalue weighted by Crippen LogP contribution is 2.19. The minimum atomic E-state index is -0.344. The third kappa shape index (κ3) is 1.81. The Kier molecular flexibility index (Phi) is 2.64. The van der Waals surface area contributed by atoms with Gasteiger partial charge < -0.3 is 5.73 Å². The molecular weight excluding hydrogens is 296 g/mol. The second-order valence-corrected chi connectivity index (χ2v) is 4.97. The second-order valence-electron chi connectivity index (χ2n) is 4.06. The van der Waals surface area contributed by atoms with E-state index in [4.69, 9.17) is 5.73 Å². The highest BCUT2D eigenvalue weighted by atomic mass is 79.9. The summed E-state index contributed by atoms with van der Waals surface area (Å²) in [6, 6.07) is 3.46. The molecule has 7 heteroatoms. The third-order valence-corrected chi connectivity index (χ3v) is 3.22. The van der Waals surface area contributed by atoms with E-state index in [9.17, 15) is 0 Å². The fourth-order valence-electron chi connectivity index (χ4n) is 1.84. The first-order valence-corrected chi connectivity index (χ1v) is 6.19. The average Bonchev–Trinajstić information content (AvgIpc) is 2.94. The number of fused-ring (bicyclic) bond motifs is 1. The van der Waals surface area contributed by atoms with Crippen molar-refractivity contribution in [2.45, 2.75) is 6.04 Å². The van der Waals surface area contributed by atoms with Crippen LogP contribution in [-0.4, -0.2) is 24.4 Å². The quantitative estimate of drug-likeness (QED) is 0.774. The highest BCUT2D eigenvalue weighted by Gasteiger charge is 2.17. The van der Waals surface area contributed by atoms with Gasteiger partial charge >= 0.3 is 0 Å². The molecule has 1 unspecified atom stereocenters. The zero-order valence-corrected chi connectivity index (χ0v) is 11.2. The Balaban J connectivity index is 2.11. The van der Waals surface area contributed by atoms with Crippen LogP contribution in [0.15, 0.2) is 35.2 Å². The smallest absolute Gasteiger partial charge is 0.160 e. The SMILES string of the molecule is Cn1cc(C(N)c2nnc3ccc(Br)cn23)cn1. The van der Waals surface area contributed by atoms with E-state index in [0.717, 1.165) is 15.7 Å². The van der Waals surface area contributed by atoms with Gasteiger partial charge in [0.05, 0.1) is 12.2 Å². The Bertz CT molecular complexity index is 700. The molecule has 0 aliphatic heterocycles. The van der Waals surface area contributed by atoms with Crippen molar-refractivity contribution >= 4 is 21.6 Å². The van der Waals surface area contributed by atoms with Crippen molar-refractivity contribution in [1.82, 2.24) is 24.4 Å². The molecule has 92 valence electrons. The molecule has 0 amide bonds. The molecule has 6 nitrogen and oxygen atoms in total. The van der Waals surface area contributed by atoms with E-state index in [-0.39, 0.29) is 6.04 Å². The largest absolute Gasteiger partial charge is 0.318 e. The molecule has 0 fully saturated rings. The minimum Gasteiger partial charge on any atom is -0.318 e. The summed E-state index contributed by atoms with van der Waals surface area (Å²) in [7, 11) is 1.86. The van der Waals surface area contributed by atoms with E-state index in [1.54, 1.807) is 10.9 Å². The van der Waals surface area contributed by atoms with Gasteiger partial charge in [-0.05, 0) is 28.1 Å². The lowest BCUT2D eigenvalue weighted by molar-refractivity contribution is 0.751. The van der Waals surface area contributed by atoms with Crippen LogP contribution in [0, 0.1) is 0 Å². The monoisotopic (exact) mass is 306 g/mol. The van der Waals surface area contributed by atoms with Gasteiger partial charge in [0.2, 0.25) is 0 Å². The van der Waals surface area contributed by atoms with Crippen LogP contribution in [0.4, 0.5) is 0 Å². The maximum atomic E-state index is 6.20. The summed E-state index contributed by atoms with van der Waals surface area (Å²) in [5.74, 6) is 0.694. The van der Waals surface area contributed by atoms with Crippen LogP contribution in [-0.2, 0) is 7.05 Å². The van der Waals surface area contributed by atoms with Crippen LogP contribution < -0.4 is 5.73 Å². The highest BCUT2D eigenvalue weighted by molar-refractivity contribution is 9.10. The molecule has 1 atom stereocenters. The number of nitrogens with zero attached hydrogens (tertiary/aromatic N) is 5. The number of aromatic nitrogens is 5. The predicted molar refractivity (Wildman–Crippen MR) is 69.9 cm³/mol. The number of pyridine rings is 1. The molecule has 0 saturated heterocycles. The molecule has 0 bridgehead atoms. The van der Waals surface area contributed by atoms with Crippen LogP contribution in [0.2, 0.25) is 0 Å². The average molecular weight is 307 g/mol. The van der Waals surface area contributed by atoms with Crippen molar-refractivity contribution in [3.8, 4) is 0 Å². The van der Waals surface area contributed by atoms with Crippen LogP contribution >= 0.6 is 15.9 Å². The van der Waals surface area contributed by atoms with Crippen molar-refractivity contribution in [3.05, 3.63) is 46.6 Å². The summed E-state index contributed by atoms with van der Waals surface area (Å²) in [6.45, 7) is 0. The lowest BCUT2D eigenvalue weighted by Crippen LogP contribution is -2.15. The molecule has 2 N–H and O–H groups in total. The Morgan fingerprint density at radius 1 is 1.28 bits per heavy atom. The van der Waals surface area contributed by atoms with Gasteiger partial charge in [0.25, 0.3) is 0 Å². The molecule has 0 aliphatic rings. The van der Waals surface area contributed by atoms with Crippen LogP contribution in [0.1, 0.15) is 17.4 Å². The molecule has 0 spiro atoms. The Morgan fingerprint density at radius 3 is 2.83 bits per heavy atom. The molecule has 0 aromatic carbocycles. The van der Waals surface area contributed by atoms with Gasteiger partial charge in [-0.25, -0.2) is 0 Å². The second kappa shape index (κ2) is 4.18. The van der Waals surface area contributed by atoms with Crippen molar-refractivity contribution in [1.29, 1.82) is 0 Å². The fourth-order valence-corrected chi connectivity index (χ4v) is 2.18. The van der Waals surface area contributed by atoms with Gasteiger partial charge in [0.1, 0.15) is 0 Å². The third-order valence-electron chi connectivity index (χ3n) is 2.75. The first kappa shape index (κ1) is 11.4. The van der Waals surface area contributed by atoms with Crippen molar-refractivity contribution in [2.24, 2.45) is 12.8 Å². The van der Waals surface area contributed by atoms with Crippen LogP contribution in [0.3, 0.4) is 0 Å². The lowest BCUT2D eigenvalue weighted by Gasteiger charge is -2.07. The normalized spacial score (nSPS) is 13.1. The zero-order valence-electron chi connectivity index (χ0n) is 9.66. The van der Waals surface area contributed by atoms with E-state index in [2.05, 4.69) is 31.2 Å². The fraction of sp³-hybridized carbons (Fsp3) is 0.182. The number of rotatable bonds is 2. The summed E-state index contributed by atoms with van der Waals surface area (Å²) < 4.78 is 4.55. The first-order valence-electron chi connectivity index (χ1n) is 5.39. The Morgan fingerprint density at radius 2 is 2.11 bits per heavy atom. The van der Waals surface area contributed by atoms with E-state index in [0.29, 0.717) is 5.82 Å². The van der Waals surface area contributed by atoms with Gasteiger partial charge in [-0.1, -0.05) is 0 Å². The summed E-state index contributed by atoms with van der Waals surface area (Å²) >= 11 is 3.43.